The van der Waals surface area contributed by atoms with E-state index in [1.54, 1.807) is 12.1 Å². The van der Waals surface area contributed by atoms with Gasteiger partial charge in [-0.05, 0) is 42.5 Å². The topological polar surface area (TPSA) is 88.2 Å². The number of amides is 1. The molecule has 0 spiro atoms. The van der Waals surface area contributed by atoms with Crippen molar-refractivity contribution in [1.29, 1.82) is 0 Å². The fraction of sp³-hybridized carbons (Fsp3) is 0.350. The highest BCUT2D eigenvalue weighted by molar-refractivity contribution is 7.89. The number of halogens is 2. The number of hydrogen-bond acceptors (Lipinski definition) is 6. The van der Waals surface area contributed by atoms with Gasteiger partial charge in [0.15, 0.2) is 0 Å². The number of nitrogens with one attached hydrogen (secondary N) is 1. The first-order chi connectivity index (χ1) is 14.8. The van der Waals surface area contributed by atoms with Crippen LogP contribution >= 0.6 is 11.6 Å². The zero-order valence-corrected chi connectivity index (χ0v) is 18.0. The normalized spacial score (nSPS) is 19.5. The molecular formula is C20H21ClFN3O5S. The van der Waals surface area contributed by atoms with Crippen molar-refractivity contribution in [2.24, 2.45) is 0 Å². The molecule has 2 aliphatic rings. The van der Waals surface area contributed by atoms with Gasteiger partial charge >= 0.3 is 6.09 Å². The van der Waals surface area contributed by atoms with Crippen LogP contribution in [0.2, 0.25) is 5.02 Å². The summed E-state index contributed by atoms with van der Waals surface area (Å²) in [6.45, 7) is 2.25. The summed E-state index contributed by atoms with van der Waals surface area (Å²) in [4.78, 5) is 15.5. The fourth-order valence-electron chi connectivity index (χ4n) is 3.46. The van der Waals surface area contributed by atoms with Crippen LogP contribution in [-0.4, -0.2) is 60.0 Å². The van der Waals surface area contributed by atoms with Crippen molar-refractivity contribution in [2.45, 2.75) is 11.0 Å². The lowest BCUT2D eigenvalue weighted by Gasteiger charge is -2.29. The van der Waals surface area contributed by atoms with E-state index >= 15 is 0 Å². The highest BCUT2D eigenvalue weighted by Gasteiger charge is 2.33. The van der Waals surface area contributed by atoms with Gasteiger partial charge in [0, 0.05) is 24.7 Å². The first kappa shape index (κ1) is 21.8. The monoisotopic (exact) mass is 469 g/mol. The maximum Gasteiger partial charge on any atom is 0.414 e. The third-order valence-corrected chi connectivity index (χ3v) is 6.79. The van der Waals surface area contributed by atoms with Crippen molar-refractivity contribution >= 4 is 39.1 Å². The Morgan fingerprint density at radius 1 is 1.13 bits per heavy atom. The fourth-order valence-corrected chi connectivity index (χ4v) is 4.66. The molecule has 1 amide bonds. The predicted molar refractivity (Wildman–Crippen MR) is 114 cm³/mol. The molecule has 11 heteroatoms. The molecule has 2 aliphatic heterocycles. The molecule has 0 radical (unpaired) electrons. The zero-order chi connectivity index (χ0) is 22.0. The van der Waals surface area contributed by atoms with E-state index in [9.17, 15) is 17.6 Å². The molecule has 0 bridgehead atoms. The Balaban J connectivity index is 1.40. The number of benzene rings is 2. The minimum Gasteiger partial charge on any atom is -0.443 e. The second-order valence-electron chi connectivity index (χ2n) is 7.16. The molecule has 1 N–H and O–H groups in total. The highest BCUT2D eigenvalue weighted by Crippen LogP contribution is 2.28. The molecule has 31 heavy (non-hydrogen) atoms. The Hall–Kier alpha value is -2.40. The molecule has 2 aromatic carbocycles. The van der Waals surface area contributed by atoms with Crippen molar-refractivity contribution in [2.75, 3.05) is 49.2 Å². The third-order valence-electron chi connectivity index (χ3n) is 5.09. The summed E-state index contributed by atoms with van der Waals surface area (Å²) in [5, 5.41) is 0.422. The number of carbonyl (C=O) groups is 1. The molecule has 8 nitrogen and oxygen atoms in total. The lowest BCUT2D eigenvalue weighted by Crippen LogP contribution is -2.37. The number of carbonyl (C=O) groups excluding carboxylic acids is 1. The first-order valence-corrected chi connectivity index (χ1v) is 11.6. The van der Waals surface area contributed by atoms with Crippen LogP contribution in [0.1, 0.15) is 0 Å². The maximum absolute atomic E-state index is 14.7. The number of rotatable bonds is 6. The van der Waals surface area contributed by atoms with Gasteiger partial charge in [-0.1, -0.05) is 11.6 Å². The van der Waals surface area contributed by atoms with Crippen LogP contribution in [0, 0.1) is 5.82 Å². The maximum atomic E-state index is 14.7. The Bertz CT molecular complexity index is 1060. The molecule has 0 saturated carbocycles. The van der Waals surface area contributed by atoms with Crippen LogP contribution < -0.4 is 14.5 Å². The smallest absolute Gasteiger partial charge is 0.414 e. The van der Waals surface area contributed by atoms with Crippen molar-refractivity contribution in [3.05, 3.63) is 53.3 Å². The minimum atomic E-state index is -3.78. The van der Waals surface area contributed by atoms with E-state index in [0.29, 0.717) is 42.7 Å². The number of morpholine rings is 1. The number of hydrogen-bond donors (Lipinski definition) is 1. The van der Waals surface area contributed by atoms with Crippen molar-refractivity contribution < 1.29 is 27.1 Å². The molecule has 1 atom stereocenters. The lowest BCUT2D eigenvalue weighted by atomic mass is 10.2. The number of anilines is 2. The summed E-state index contributed by atoms with van der Waals surface area (Å²) in [5.41, 5.74) is 0.800. The number of sulfonamides is 1. The molecule has 2 heterocycles. The van der Waals surface area contributed by atoms with E-state index in [4.69, 9.17) is 21.1 Å². The average molecular weight is 470 g/mol. The summed E-state index contributed by atoms with van der Waals surface area (Å²) >= 11 is 5.78. The number of cyclic esters (lactones) is 1. The zero-order valence-electron chi connectivity index (χ0n) is 16.5. The molecule has 2 saturated heterocycles. The van der Waals surface area contributed by atoms with Crippen molar-refractivity contribution in [3.8, 4) is 0 Å². The molecule has 2 fully saturated rings. The summed E-state index contributed by atoms with van der Waals surface area (Å²) in [6.07, 6.45) is -1.37. The first-order valence-electron chi connectivity index (χ1n) is 9.69. The molecule has 0 aliphatic carbocycles. The van der Waals surface area contributed by atoms with E-state index in [2.05, 4.69) is 4.72 Å². The summed E-state index contributed by atoms with van der Waals surface area (Å²) in [6, 6.07) is 10.3. The van der Waals surface area contributed by atoms with Gasteiger partial charge in [0.2, 0.25) is 10.0 Å². The summed E-state index contributed by atoms with van der Waals surface area (Å²) in [7, 11) is -3.78. The van der Waals surface area contributed by atoms with Gasteiger partial charge in [0.25, 0.3) is 0 Å². The van der Waals surface area contributed by atoms with E-state index in [-0.39, 0.29) is 18.0 Å². The summed E-state index contributed by atoms with van der Waals surface area (Å²) in [5.74, 6) is -0.445. The Morgan fingerprint density at radius 3 is 2.52 bits per heavy atom. The lowest BCUT2D eigenvalue weighted by molar-refractivity contribution is 0.122. The molecule has 166 valence electrons. The quantitative estimate of drug-likeness (QED) is 0.699. The molecular weight excluding hydrogens is 449 g/mol. The van der Waals surface area contributed by atoms with Gasteiger partial charge in [0.1, 0.15) is 11.9 Å². The predicted octanol–water partition coefficient (Wildman–Crippen LogP) is 2.62. The van der Waals surface area contributed by atoms with E-state index in [0.717, 1.165) is 0 Å². The second kappa shape index (κ2) is 8.99. The molecule has 0 aromatic heterocycles. The largest absolute Gasteiger partial charge is 0.443 e. The molecule has 4 rings (SSSR count). The minimum absolute atomic E-state index is 0.0545. The number of nitrogens with zero attached hydrogens (tertiary/aromatic N) is 2. The summed E-state index contributed by atoms with van der Waals surface area (Å²) < 4.78 is 52.4. The van der Waals surface area contributed by atoms with Gasteiger partial charge in [-0.3, -0.25) is 4.90 Å². The standard InChI is InChI=1S/C20H21ClFN3O5S/c21-14-1-4-17(5-2-14)31(27,28)23-12-16-13-25(20(26)30-16)15-3-6-19(18(22)11-15)24-7-9-29-10-8-24/h1-6,11,16,23H,7-10,12-13H2/t16-/m0/s1. The third kappa shape index (κ3) is 4.93. The van der Waals surface area contributed by atoms with Gasteiger partial charge < -0.3 is 14.4 Å². The SMILES string of the molecule is O=C1O[C@@H](CNS(=O)(=O)c2ccc(Cl)cc2)CN1c1ccc(N2CCOCC2)c(F)c1. The van der Waals surface area contributed by atoms with Gasteiger partial charge in [-0.25, -0.2) is 22.3 Å². The van der Waals surface area contributed by atoms with Crippen molar-refractivity contribution in [3.63, 3.8) is 0 Å². The molecule has 2 aromatic rings. The van der Waals surface area contributed by atoms with E-state index in [1.165, 1.54) is 35.2 Å². The van der Waals surface area contributed by atoms with Crippen LogP contribution in [-0.2, 0) is 19.5 Å². The Labute approximate surface area is 184 Å². The number of ether oxygens (including phenoxy) is 2. The van der Waals surface area contributed by atoms with Gasteiger partial charge in [0.05, 0.1) is 36.0 Å². The van der Waals surface area contributed by atoms with Crippen LogP contribution in [0.3, 0.4) is 0 Å². The van der Waals surface area contributed by atoms with Crippen LogP contribution in [0.15, 0.2) is 47.4 Å². The van der Waals surface area contributed by atoms with Crippen LogP contribution in [0.5, 0.6) is 0 Å². The van der Waals surface area contributed by atoms with E-state index < -0.39 is 28.0 Å². The van der Waals surface area contributed by atoms with Crippen molar-refractivity contribution in [1.82, 2.24) is 4.72 Å². The van der Waals surface area contributed by atoms with Gasteiger partial charge in [-0.15, -0.1) is 0 Å². The average Bonchev–Trinajstić information content (AvgIpc) is 3.14. The Kier molecular flexibility index (Phi) is 6.33. The second-order valence-corrected chi connectivity index (χ2v) is 9.36. The Morgan fingerprint density at radius 2 is 1.84 bits per heavy atom. The van der Waals surface area contributed by atoms with Gasteiger partial charge in [-0.2, -0.15) is 0 Å². The molecule has 0 unspecified atom stereocenters. The van der Waals surface area contributed by atoms with Crippen LogP contribution in [0.25, 0.3) is 0 Å². The van der Waals surface area contributed by atoms with Crippen LogP contribution in [0.4, 0.5) is 20.6 Å². The highest BCUT2D eigenvalue weighted by atomic mass is 35.5. The van der Waals surface area contributed by atoms with E-state index in [1.807, 2.05) is 4.90 Å².